The van der Waals surface area contributed by atoms with E-state index in [-0.39, 0.29) is 17.7 Å². The van der Waals surface area contributed by atoms with Crippen LogP contribution in [0.3, 0.4) is 0 Å². The molecule has 0 radical (unpaired) electrons. The van der Waals surface area contributed by atoms with Crippen molar-refractivity contribution < 1.29 is 13.2 Å². The summed E-state index contributed by atoms with van der Waals surface area (Å²) in [6.45, 7) is 4.40. The van der Waals surface area contributed by atoms with Crippen molar-refractivity contribution in [3.05, 3.63) is 102 Å². The molecule has 1 aliphatic rings. The van der Waals surface area contributed by atoms with Crippen LogP contribution in [-0.2, 0) is 10.0 Å². The average molecular weight is 464 g/mol. The van der Waals surface area contributed by atoms with Gasteiger partial charge in [0.25, 0.3) is 5.91 Å². The van der Waals surface area contributed by atoms with Gasteiger partial charge in [-0.05, 0) is 42.3 Å². The number of sulfonamides is 1. The number of piperazine rings is 1. The zero-order chi connectivity index (χ0) is 23.3. The first-order valence-corrected chi connectivity index (χ1v) is 12.9. The molecule has 1 heterocycles. The monoisotopic (exact) mass is 463 g/mol. The normalized spacial score (nSPS) is 14.9. The molecule has 3 aromatic rings. The second-order valence-corrected chi connectivity index (χ2v) is 10.1. The Balaban J connectivity index is 1.44. The van der Waals surface area contributed by atoms with Gasteiger partial charge in [0.05, 0.1) is 11.8 Å². The first-order valence-electron chi connectivity index (χ1n) is 11.2. The molecule has 3 aromatic carbocycles. The Morgan fingerprint density at radius 3 is 1.82 bits per heavy atom. The molecule has 172 valence electrons. The lowest BCUT2D eigenvalue weighted by molar-refractivity contribution is 0.0597. The number of carbonyl (C=O) groups excluding carboxylic acids is 1. The number of amides is 1. The molecule has 6 nitrogen and oxygen atoms in total. The van der Waals surface area contributed by atoms with E-state index in [4.69, 9.17) is 0 Å². The van der Waals surface area contributed by atoms with Crippen molar-refractivity contribution in [2.75, 3.05) is 36.7 Å². The third-order valence-electron chi connectivity index (χ3n) is 5.98. The van der Waals surface area contributed by atoms with Crippen LogP contribution in [0, 0.1) is 0 Å². The second kappa shape index (κ2) is 10.2. The number of rotatable bonds is 7. The van der Waals surface area contributed by atoms with Gasteiger partial charge in [0, 0.05) is 37.4 Å². The van der Waals surface area contributed by atoms with E-state index in [1.807, 2.05) is 17.0 Å². The Hall–Kier alpha value is -3.16. The number of benzene rings is 3. The van der Waals surface area contributed by atoms with Crippen molar-refractivity contribution in [1.29, 1.82) is 0 Å². The van der Waals surface area contributed by atoms with Crippen molar-refractivity contribution in [3.63, 3.8) is 0 Å². The summed E-state index contributed by atoms with van der Waals surface area (Å²) in [4.78, 5) is 17.3. The predicted octanol–water partition coefficient (Wildman–Crippen LogP) is 4.00. The maximum absolute atomic E-state index is 13.0. The fourth-order valence-corrected chi connectivity index (χ4v) is 4.82. The highest BCUT2D eigenvalue weighted by atomic mass is 32.2. The zero-order valence-electron chi connectivity index (χ0n) is 18.7. The third kappa shape index (κ3) is 5.61. The van der Waals surface area contributed by atoms with Crippen LogP contribution in [0.2, 0.25) is 0 Å². The van der Waals surface area contributed by atoms with Crippen molar-refractivity contribution in [3.8, 4) is 0 Å². The summed E-state index contributed by atoms with van der Waals surface area (Å²) in [6.07, 6.45) is 0. The minimum Gasteiger partial charge on any atom is -0.336 e. The molecule has 0 aromatic heterocycles. The smallest absolute Gasteiger partial charge is 0.253 e. The van der Waals surface area contributed by atoms with Crippen molar-refractivity contribution >= 4 is 21.6 Å². The van der Waals surface area contributed by atoms with Crippen LogP contribution in [0.5, 0.6) is 0 Å². The third-order valence-corrected chi connectivity index (χ3v) is 7.29. The van der Waals surface area contributed by atoms with Gasteiger partial charge in [-0.25, -0.2) is 8.42 Å². The fraction of sp³-hybridized carbons (Fsp3) is 0.269. The van der Waals surface area contributed by atoms with Gasteiger partial charge in [0.1, 0.15) is 0 Å². The lowest BCUT2D eigenvalue weighted by Crippen LogP contribution is -2.49. The van der Waals surface area contributed by atoms with Gasteiger partial charge in [-0.2, -0.15) is 0 Å². The van der Waals surface area contributed by atoms with Gasteiger partial charge < -0.3 is 4.90 Å². The zero-order valence-corrected chi connectivity index (χ0v) is 19.5. The van der Waals surface area contributed by atoms with Gasteiger partial charge >= 0.3 is 0 Å². The Bertz CT molecular complexity index is 1120. The molecule has 7 heteroatoms. The molecule has 0 spiro atoms. The van der Waals surface area contributed by atoms with Gasteiger partial charge in [-0.15, -0.1) is 0 Å². The van der Waals surface area contributed by atoms with Gasteiger partial charge in [0.15, 0.2) is 0 Å². The van der Waals surface area contributed by atoms with E-state index in [1.165, 1.54) is 11.1 Å². The fourth-order valence-electron chi connectivity index (χ4n) is 4.18. The van der Waals surface area contributed by atoms with E-state index < -0.39 is 10.0 Å². The largest absolute Gasteiger partial charge is 0.336 e. The maximum Gasteiger partial charge on any atom is 0.253 e. The van der Waals surface area contributed by atoms with Crippen molar-refractivity contribution in [2.24, 2.45) is 0 Å². The summed E-state index contributed by atoms with van der Waals surface area (Å²) in [5, 5.41) is 0. The van der Waals surface area contributed by atoms with E-state index in [1.54, 1.807) is 31.2 Å². The van der Waals surface area contributed by atoms with E-state index in [2.05, 4.69) is 58.2 Å². The molecule has 33 heavy (non-hydrogen) atoms. The summed E-state index contributed by atoms with van der Waals surface area (Å²) in [5.41, 5.74) is 3.51. The standard InChI is InChI=1S/C26H29N3O3S/c1-2-33(31,32)27-24-15-13-23(14-16-24)26(30)29-19-17-28(18-20-29)25(21-9-5-3-6-10-21)22-11-7-4-8-12-22/h3-16,25,27H,2,17-20H2,1H3. The lowest BCUT2D eigenvalue weighted by Gasteiger charge is -2.39. The average Bonchev–Trinajstić information content (AvgIpc) is 2.86. The summed E-state index contributed by atoms with van der Waals surface area (Å²) >= 11 is 0. The van der Waals surface area contributed by atoms with E-state index in [0.29, 0.717) is 24.3 Å². The topological polar surface area (TPSA) is 69.7 Å². The number of nitrogens with one attached hydrogen (secondary N) is 1. The summed E-state index contributed by atoms with van der Waals surface area (Å²) < 4.78 is 26.0. The quantitative estimate of drug-likeness (QED) is 0.575. The van der Waals surface area contributed by atoms with Crippen LogP contribution in [-0.4, -0.2) is 56.1 Å². The molecule has 1 fully saturated rings. The molecule has 1 saturated heterocycles. The molecule has 0 saturated carbocycles. The van der Waals surface area contributed by atoms with Gasteiger partial charge in [-0.1, -0.05) is 60.7 Å². The van der Waals surface area contributed by atoms with Crippen LogP contribution in [0.1, 0.15) is 34.5 Å². The highest BCUT2D eigenvalue weighted by Crippen LogP contribution is 2.29. The molecule has 0 unspecified atom stereocenters. The maximum atomic E-state index is 13.0. The Morgan fingerprint density at radius 1 is 0.818 bits per heavy atom. The first-order chi connectivity index (χ1) is 16.0. The molecule has 0 aliphatic carbocycles. The highest BCUT2D eigenvalue weighted by Gasteiger charge is 2.28. The Kier molecular flexibility index (Phi) is 7.11. The van der Waals surface area contributed by atoms with E-state index in [0.717, 1.165) is 13.1 Å². The number of hydrogen-bond donors (Lipinski definition) is 1. The van der Waals surface area contributed by atoms with E-state index in [9.17, 15) is 13.2 Å². The van der Waals surface area contributed by atoms with E-state index >= 15 is 0 Å². The molecule has 0 atom stereocenters. The Labute approximate surface area is 195 Å². The van der Waals surface area contributed by atoms with Crippen LogP contribution in [0.4, 0.5) is 5.69 Å². The summed E-state index contributed by atoms with van der Waals surface area (Å²) in [6, 6.07) is 27.7. The predicted molar refractivity (Wildman–Crippen MR) is 132 cm³/mol. The van der Waals surface area contributed by atoms with Gasteiger partial charge in [0.2, 0.25) is 10.0 Å². The number of nitrogens with zero attached hydrogens (tertiary/aromatic N) is 2. The molecule has 4 rings (SSSR count). The van der Waals surface area contributed by atoms with Crippen molar-refractivity contribution in [2.45, 2.75) is 13.0 Å². The minimum atomic E-state index is -3.34. The number of hydrogen-bond acceptors (Lipinski definition) is 4. The van der Waals surface area contributed by atoms with Crippen LogP contribution in [0.25, 0.3) is 0 Å². The molecule has 1 N–H and O–H groups in total. The number of anilines is 1. The summed E-state index contributed by atoms with van der Waals surface area (Å²) in [5.74, 6) is -0.0270. The molecular formula is C26H29N3O3S. The minimum absolute atomic E-state index is 0.00488. The number of carbonyl (C=O) groups is 1. The second-order valence-electron chi connectivity index (χ2n) is 8.13. The molecular weight excluding hydrogens is 434 g/mol. The van der Waals surface area contributed by atoms with Crippen LogP contribution < -0.4 is 4.72 Å². The molecule has 0 bridgehead atoms. The van der Waals surface area contributed by atoms with Crippen LogP contribution in [0.15, 0.2) is 84.9 Å². The first kappa shape index (κ1) is 23.0. The molecule has 1 aliphatic heterocycles. The van der Waals surface area contributed by atoms with Crippen molar-refractivity contribution in [1.82, 2.24) is 9.80 Å². The lowest BCUT2D eigenvalue weighted by atomic mass is 9.96. The highest BCUT2D eigenvalue weighted by molar-refractivity contribution is 7.92. The SMILES string of the molecule is CCS(=O)(=O)Nc1ccc(C(=O)N2CCN(C(c3ccccc3)c3ccccc3)CC2)cc1. The van der Waals surface area contributed by atoms with Gasteiger partial charge in [-0.3, -0.25) is 14.4 Å². The molecule has 1 amide bonds. The Morgan fingerprint density at radius 2 is 1.33 bits per heavy atom. The summed E-state index contributed by atoms with van der Waals surface area (Å²) in [7, 11) is -3.34. The van der Waals surface area contributed by atoms with Crippen LogP contribution >= 0.6 is 0 Å².